The van der Waals surface area contributed by atoms with Gasteiger partial charge in [0.05, 0.1) is 18.9 Å². The van der Waals surface area contributed by atoms with Gasteiger partial charge in [-0.05, 0) is 28.6 Å². The van der Waals surface area contributed by atoms with Crippen LogP contribution < -0.4 is 10.2 Å². The van der Waals surface area contributed by atoms with Crippen LogP contribution in [-0.4, -0.2) is 64.3 Å². The number of alkyl carbamates (subject to hydrolysis) is 1. The van der Waals surface area contributed by atoms with Gasteiger partial charge in [-0.25, -0.2) is 18.3 Å². The van der Waals surface area contributed by atoms with E-state index in [1.165, 1.54) is 30.1 Å². The minimum absolute atomic E-state index is 0.0746. The summed E-state index contributed by atoms with van der Waals surface area (Å²) in [4.78, 5) is 17.0. The van der Waals surface area contributed by atoms with Crippen LogP contribution in [0.15, 0.2) is 30.5 Å². The molecule has 162 valence electrons. The predicted octanol–water partition coefficient (Wildman–Crippen LogP) is 1.74. The first-order valence-corrected chi connectivity index (χ1v) is 9.33. The second kappa shape index (κ2) is 8.60. The summed E-state index contributed by atoms with van der Waals surface area (Å²) in [5.41, 5.74) is 1.09. The molecule has 1 fully saturated rings. The van der Waals surface area contributed by atoms with Crippen molar-refractivity contribution in [2.75, 3.05) is 31.8 Å². The van der Waals surface area contributed by atoms with Gasteiger partial charge < -0.3 is 19.7 Å². The Bertz CT molecular complexity index is 1090. The van der Waals surface area contributed by atoms with Crippen LogP contribution in [0.25, 0.3) is 22.6 Å². The van der Waals surface area contributed by atoms with Gasteiger partial charge in [0, 0.05) is 37.5 Å². The van der Waals surface area contributed by atoms with Gasteiger partial charge in [0.25, 0.3) is 0 Å². The Morgan fingerprint density at radius 2 is 2.13 bits per heavy atom. The number of methoxy groups -OCH3 is 1. The lowest BCUT2D eigenvalue weighted by atomic mass is 10.1. The molecule has 1 aliphatic rings. The van der Waals surface area contributed by atoms with Crippen LogP contribution in [0.3, 0.4) is 0 Å². The monoisotopic (exact) mass is 431 g/mol. The van der Waals surface area contributed by atoms with Gasteiger partial charge in [-0.1, -0.05) is 6.07 Å². The summed E-state index contributed by atoms with van der Waals surface area (Å²) in [5, 5.41) is 13.7. The van der Waals surface area contributed by atoms with Crippen molar-refractivity contribution in [3.8, 4) is 22.6 Å². The van der Waals surface area contributed by atoms with Gasteiger partial charge in [-0.15, -0.1) is 5.10 Å². The van der Waals surface area contributed by atoms with E-state index >= 15 is 0 Å². The summed E-state index contributed by atoms with van der Waals surface area (Å²) in [6, 6.07) is 6.25. The molecule has 0 radical (unpaired) electrons. The van der Waals surface area contributed by atoms with Crippen molar-refractivity contribution in [1.29, 1.82) is 0 Å². The van der Waals surface area contributed by atoms with E-state index in [1.807, 2.05) is 0 Å². The van der Waals surface area contributed by atoms with E-state index in [1.54, 1.807) is 24.1 Å². The molecule has 1 unspecified atom stereocenters. The number of rotatable bonds is 5. The second-order valence-corrected chi connectivity index (χ2v) is 6.83. The summed E-state index contributed by atoms with van der Waals surface area (Å²) in [7, 11) is 2.93. The molecule has 10 nitrogen and oxygen atoms in total. The Morgan fingerprint density at radius 3 is 2.81 bits per heavy atom. The zero-order chi connectivity index (χ0) is 22.0. The molecule has 1 atom stereocenters. The van der Waals surface area contributed by atoms with Crippen LogP contribution >= 0.6 is 0 Å². The molecule has 1 amide bonds. The number of hydrogen-bond donors (Lipinski definition) is 1. The molecule has 3 heterocycles. The number of carbonyl (C=O) groups excluding carboxylic acids is 1. The summed E-state index contributed by atoms with van der Waals surface area (Å²) in [6.07, 6.45) is 0.487. The van der Waals surface area contributed by atoms with Crippen molar-refractivity contribution in [2.24, 2.45) is 7.05 Å². The zero-order valence-corrected chi connectivity index (χ0v) is 16.7. The molecule has 2 aromatic heterocycles. The summed E-state index contributed by atoms with van der Waals surface area (Å²) in [5.74, 6) is -1.51. The van der Waals surface area contributed by atoms with E-state index in [9.17, 15) is 13.6 Å². The normalized spacial score (nSPS) is 15.9. The number of aryl methyl sites for hydroxylation is 1. The van der Waals surface area contributed by atoms with Crippen LogP contribution in [0, 0.1) is 11.6 Å². The van der Waals surface area contributed by atoms with Crippen LogP contribution in [0.2, 0.25) is 0 Å². The molecular formula is C19H19F2N7O3. The van der Waals surface area contributed by atoms with Gasteiger partial charge >= 0.3 is 6.09 Å². The average Bonchev–Trinajstić information content (AvgIpc) is 3.43. The maximum atomic E-state index is 14.9. The highest BCUT2D eigenvalue weighted by Crippen LogP contribution is 2.32. The first kappa shape index (κ1) is 20.6. The number of benzene rings is 1. The fourth-order valence-corrected chi connectivity index (χ4v) is 3.25. The quantitative estimate of drug-likeness (QED) is 0.651. The van der Waals surface area contributed by atoms with Crippen molar-refractivity contribution in [3.63, 3.8) is 0 Å². The smallest absolute Gasteiger partial charge is 0.406 e. The molecule has 0 spiro atoms. The lowest BCUT2D eigenvalue weighted by molar-refractivity contribution is 0.110. The summed E-state index contributed by atoms with van der Waals surface area (Å²) < 4.78 is 41.2. The highest BCUT2D eigenvalue weighted by Gasteiger charge is 2.27. The molecular weight excluding hydrogens is 412 g/mol. The van der Waals surface area contributed by atoms with Crippen molar-refractivity contribution in [1.82, 2.24) is 30.5 Å². The number of tetrazole rings is 1. The van der Waals surface area contributed by atoms with Crippen LogP contribution in [0.5, 0.6) is 0 Å². The van der Waals surface area contributed by atoms with E-state index in [0.717, 1.165) is 0 Å². The van der Waals surface area contributed by atoms with E-state index in [0.29, 0.717) is 23.6 Å². The number of aromatic nitrogens is 5. The Balaban J connectivity index is 1.50. The van der Waals surface area contributed by atoms with Gasteiger partial charge in [0.1, 0.15) is 12.4 Å². The SMILES string of the molecule is COC(=O)NCC1CN(c2ccc(-c3ccc(-c4nnnn4C)nc3)c(F)c2F)CO1. The average molecular weight is 431 g/mol. The highest BCUT2D eigenvalue weighted by molar-refractivity contribution is 5.69. The summed E-state index contributed by atoms with van der Waals surface area (Å²) >= 11 is 0. The molecule has 12 heteroatoms. The van der Waals surface area contributed by atoms with Crippen molar-refractivity contribution in [2.45, 2.75) is 6.10 Å². The molecule has 4 rings (SSSR count). The molecule has 1 aliphatic heterocycles. The standard InChI is InChI=1S/C19H19F2N7O3/c1-27-18(24-25-26-27)14-5-3-11(7-22-14)13-4-6-15(17(21)16(13)20)28-9-12(31-10-28)8-23-19(29)30-2/h3-7,12H,8-10H2,1-2H3,(H,23,29). The van der Waals surface area contributed by atoms with E-state index in [4.69, 9.17) is 4.74 Å². The van der Waals surface area contributed by atoms with E-state index in [-0.39, 0.29) is 30.6 Å². The molecule has 0 bridgehead atoms. The molecule has 0 saturated carbocycles. The Labute approximate surface area is 175 Å². The number of nitrogens with one attached hydrogen (secondary N) is 1. The molecule has 1 saturated heterocycles. The van der Waals surface area contributed by atoms with Crippen LogP contribution in [-0.2, 0) is 16.5 Å². The third kappa shape index (κ3) is 4.14. The molecule has 1 aromatic carbocycles. The second-order valence-electron chi connectivity index (χ2n) is 6.83. The number of halogens is 2. The minimum atomic E-state index is -0.983. The molecule has 31 heavy (non-hydrogen) atoms. The van der Waals surface area contributed by atoms with Crippen LogP contribution in [0.4, 0.5) is 19.3 Å². The van der Waals surface area contributed by atoms with E-state index < -0.39 is 17.7 Å². The Morgan fingerprint density at radius 1 is 1.29 bits per heavy atom. The van der Waals surface area contributed by atoms with Crippen molar-refractivity contribution < 1.29 is 23.0 Å². The van der Waals surface area contributed by atoms with Gasteiger partial charge in [0.15, 0.2) is 17.5 Å². The highest BCUT2D eigenvalue weighted by atomic mass is 19.2. The minimum Gasteiger partial charge on any atom is -0.453 e. The largest absolute Gasteiger partial charge is 0.453 e. The zero-order valence-electron chi connectivity index (χ0n) is 16.7. The maximum Gasteiger partial charge on any atom is 0.406 e. The number of ether oxygens (including phenoxy) is 2. The topological polar surface area (TPSA) is 107 Å². The third-order valence-corrected chi connectivity index (χ3v) is 4.88. The fourth-order valence-electron chi connectivity index (χ4n) is 3.25. The van der Waals surface area contributed by atoms with Crippen LogP contribution in [0.1, 0.15) is 0 Å². The maximum absolute atomic E-state index is 14.9. The molecule has 3 aromatic rings. The summed E-state index contributed by atoms with van der Waals surface area (Å²) in [6.45, 7) is 0.567. The van der Waals surface area contributed by atoms with Crippen molar-refractivity contribution in [3.05, 3.63) is 42.1 Å². The third-order valence-electron chi connectivity index (χ3n) is 4.88. The number of nitrogens with zero attached hydrogens (tertiary/aromatic N) is 6. The van der Waals surface area contributed by atoms with Gasteiger partial charge in [-0.3, -0.25) is 4.98 Å². The Hall–Kier alpha value is -3.67. The van der Waals surface area contributed by atoms with Gasteiger partial charge in [-0.2, -0.15) is 0 Å². The first-order valence-electron chi connectivity index (χ1n) is 9.33. The van der Waals surface area contributed by atoms with Crippen molar-refractivity contribution >= 4 is 11.8 Å². The van der Waals surface area contributed by atoms with E-state index in [2.05, 4.69) is 30.6 Å². The molecule has 1 N–H and O–H groups in total. The number of carbonyl (C=O) groups is 1. The first-order chi connectivity index (χ1) is 15.0. The molecule has 0 aliphatic carbocycles. The number of anilines is 1. The number of pyridine rings is 1. The number of hydrogen-bond acceptors (Lipinski definition) is 8. The predicted molar refractivity (Wildman–Crippen MR) is 105 cm³/mol. The lowest BCUT2D eigenvalue weighted by Gasteiger charge is -2.18. The lowest BCUT2D eigenvalue weighted by Crippen LogP contribution is -2.34. The fraction of sp³-hybridized carbons (Fsp3) is 0.316. The Kier molecular flexibility index (Phi) is 5.71. The number of amides is 1. The van der Waals surface area contributed by atoms with Gasteiger partial charge in [0.2, 0.25) is 0 Å².